The Labute approximate surface area is 469 Å². The van der Waals surface area contributed by atoms with Gasteiger partial charge in [-0.15, -0.1) is 0 Å². The van der Waals surface area contributed by atoms with Gasteiger partial charge in [-0.1, -0.05) is 0 Å². The number of likely N-dealkylation sites (tertiary alicyclic amines) is 1. The number of hydrogen-bond donors (Lipinski definition) is 10. The van der Waals surface area contributed by atoms with Crippen molar-refractivity contribution in [3.63, 3.8) is 0 Å². The molecule has 4 rings (SSSR count). The third-order valence-electron chi connectivity index (χ3n) is 12.5. The van der Waals surface area contributed by atoms with Crippen molar-refractivity contribution < 1.29 is 96.9 Å². The molecule has 13 atom stereocenters. The van der Waals surface area contributed by atoms with Crippen LogP contribution in [0.1, 0.15) is 136 Å². The summed E-state index contributed by atoms with van der Waals surface area (Å²) in [6, 6.07) is -5.23. The number of carbonyl (C=O) groups excluding carboxylic acids is 6. The number of aliphatic hydroxyl groups is 5. The fourth-order valence-corrected chi connectivity index (χ4v) is 9.13. The number of β-amino-alcohol motifs (C(OH)–C–C–N with tert-alkyl or cyclic N) is 1. The lowest BCUT2D eigenvalue weighted by Crippen LogP contribution is -2.71. The second-order valence-electron chi connectivity index (χ2n) is 26.2. The summed E-state index contributed by atoms with van der Waals surface area (Å²) in [4.78, 5) is 82.4. The van der Waals surface area contributed by atoms with Crippen LogP contribution in [0, 0.1) is 0 Å². The smallest absolute Gasteiger partial charge is 0.410 e. The van der Waals surface area contributed by atoms with Crippen LogP contribution in [0.5, 0.6) is 0 Å². The third kappa shape index (κ3) is 21.1. The van der Waals surface area contributed by atoms with Crippen molar-refractivity contribution in [1.29, 1.82) is 0 Å². The summed E-state index contributed by atoms with van der Waals surface area (Å²) >= 11 is 0. The molecule has 6 amide bonds. The Morgan fingerprint density at radius 3 is 1.79 bits per heavy atom. The quantitative estimate of drug-likeness (QED) is 0.0992. The molecule has 460 valence electrons. The van der Waals surface area contributed by atoms with E-state index < -0.39 is 156 Å². The minimum absolute atomic E-state index is 0.01000. The molecule has 3 fully saturated rings. The normalized spacial score (nSPS) is 29.9. The van der Waals surface area contributed by atoms with E-state index in [1.807, 2.05) is 0 Å². The number of rotatable bonds is 16. The van der Waals surface area contributed by atoms with Crippen molar-refractivity contribution in [2.24, 2.45) is 0 Å². The van der Waals surface area contributed by atoms with Gasteiger partial charge >= 0.3 is 30.5 Å². The third-order valence-corrected chi connectivity index (χ3v) is 12.5. The van der Waals surface area contributed by atoms with Crippen molar-refractivity contribution in [1.82, 2.24) is 36.4 Å². The van der Waals surface area contributed by atoms with E-state index >= 15 is 0 Å². The molecular formula is C53H93N7O20. The molecule has 0 radical (unpaired) electrons. The molecular weight excluding hydrogens is 1050 g/mol. The zero-order valence-corrected chi connectivity index (χ0v) is 49.8. The number of ether oxygens (including phenoxy) is 9. The molecule has 27 heteroatoms. The van der Waals surface area contributed by atoms with Gasteiger partial charge < -0.3 is 105 Å². The van der Waals surface area contributed by atoms with Crippen molar-refractivity contribution >= 4 is 36.4 Å². The van der Waals surface area contributed by atoms with Crippen LogP contribution in [0.2, 0.25) is 0 Å². The van der Waals surface area contributed by atoms with E-state index in [1.165, 1.54) is 18.9 Å². The zero-order valence-electron chi connectivity index (χ0n) is 49.8. The van der Waals surface area contributed by atoms with Gasteiger partial charge in [0.1, 0.15) is 63.8 Å². The summed E-state index contributed by atoms with van der Waals surface area (Å²) in [5.41, 5.74) is -8.67. The number of amides is 6. The first kappa shape index (κ1) is 67.5. The van der Waals surface area contributed by atoms with E-state index in [0.717, 1.165) is 4.90 Å². The number of nitrogens with one attached hydrogen (secondary N) is 5. The zero-order chi connectivity index (χ0) is 60.7. The van der Waals surface area contributed by atoms with E-state index in [2.05, 4.69) is 26.6 Å². The monoisotopic (exact) mass is 1150 g/mol. The molecule has 2 saturated heterocycles. The van der Waals surface area contributed by atoms with Crippen LogP contribution in [0.15, 0.2) is 11.8 Å². The minimum Gasteiger partial charge on any atom is -0.466 e. The summed E-state index contributed by atoms with van der Waals surface area (Å²) in [6.45, 7) is 25.3. The maximum atomic E-state index is 14.4. The first-order chi connectivity index (χ1) is 36.4. The number of nitrogens with zero attached hydrogens (tertiary/aromatic N) is 2. The number of likely N-dealkylation sites (N-methyl/N-ethyl adjacent to an activating group) is 1. The van der Waals surface area contributed by atoms with Gasteiger partial charge in [0.2, 0.25) is 6.29 Å². The van der Waals surface area contributed by atoms with Crippen LogP contribution in [0.3, 0.4) is 0 Å². The molecule has 1 aliphatic carbocycles. The molecule has 10 N–H and O–H groups in total. The van der Waals surface area contributed by atoms with Crippen LogP contribution < -0.4 is 26.6 Å². The number of carbonyl (C=O) groups is 6. The highest BCUT2D eigenvalue weighted by molar-refractivity contribution is 5.87. The Balaban J connectivity index is 1.74. The SMILES string of the molecule is CN(C(=O)OC(C)(C)C)[C@@H]1[C@@H](O)[C@@H](O[C@@H]2[C@@H](O)[C@H](O[C@H]3OC(CNCC(O)CCNC(=O)OC(C)(C)C)=CC[C@H]3NC(=O)OC(C)(C)C)[C@@H](NC(=O)OC(C)(C)C)C[C@H]2NC(=O)C2(O)CCN(C(=O)OC(C)(C)C)C2)OC[C@]1(C)O. The van der Waals surface area contributed by atoms with Gasteiger partial charge in [0.25, 0.3) is 5.91 Å². The van der Waals surface area contributed by atoms with Gasteiger partial charge in [-0.3, -0.25) is 4.79 Å². The first-order valence-electron chi connectivity index (χ1n) is 27.1. The molecule has 4 aliphatic rings. The average Bonchev–Trinajstić information content (AvgIpc) is 3.68. The molecule has 80 heavy (non-hydrogen) atoms. The predicted molar refractivity (Wildman–Crippen MR) is 285 cm³/mol. The van der Waals surface area contributed by atoms with Crippen molar-refractivity contribution in [3.8, 4) is 0 Å². The molecule has 2 unspecified atom stereocenters. The van der Waals surface area contributed by atoms with E-state index in [4.69, 9.17) is 42.6 Å². The highest BCUT2D eigenvalue weighted by atomic mass is 16.7. The topological polar surface area (TPSA) is 353 Å². The minimum atomic E-state index is -2.21. The molecule has 27 nitrogen and oxygen atoms in total. The average molecular weight is 1150 g/mol. The second kappa shape index (κ2) is 26.5. The summed E-state index contributed by atoms with van der Waals surface area (Å²) in [5.74, 6) is -0.739. The number of aliphatic hydroxyl groups excluding tert-OH is 3. The summed E-state index contributed by atoms with van der Waals surface area (Å²) in [5, 5.41) is 73.0. The lowest BCUT2D eigenvalue weighted by molar-refractivity contribution is -0.311. The maximum Gasteiger partial charge on any atom is 0.410 e. The van der Waals surface area contributed by atoms with Gasteiger partial charge in [0.15, 0.2) is 11.9 Å². The highest BCUT2D eigenvalue weighted by Crippen LogP contribution is 2.36. The number of alkyl carbamates (subject to hydrolysis) is 3. The van der Waals surface area contributed by atoms with Gasteiger partial charge in [-0.25, -0.2) is 24.0 Å². The van der Waals surface area contributed by atoms with Crippen molar-refractivity contribution in [2.45, 2.75) is 243 Å². The fourth-order valence-electron chi connectivity index (χ4n) is 9.13. The van der Waals surface area contributed by atoms with Crippen LogP contribution in [0.4, 0.5) is 24.0 Å². The summed E-state index contributed by atoms with van der Waals surface area (Å²) in [6.07, 6.45) is -14.2. The molecule has 0 aromatic heterocycles. The van der Waals surface area contributed by atoms with E-state index in [0.29, 0.717) is 0 Å². The lowest BCUT2D eigenvalue weighted by Gasteiger charge is -2.50. The summed E-state index contributed by atoms with van der Waals surface area (Å²) in [7, 11) is 1.30. The molecule has 0 spiro atoms. The second-order valence-corrected chi connectivity index (χ2v) is 26.2. The molecule has 0 bridgehead atoms. The standard InChI is InChI=1S/C53H93N7O20/c1-47(2,3)76-42(65)55-22-20-29(61)25-54-26-30-18-19-31(57-43(66)77-48(4,5)6)39(73-30)74-37-33(58-44(67)78-49(7,8)9)24-32(56-41(64)53(71)21-23-60(27-53)46(69)80-51(13,14)15)36(34(37)62)75-40-35(63)38(52(16,70)28-72-40)59(17)45(68)79-50(10,11)12/h18,29,31-40,54,61-63,70-71H,19-28H2,1-17H3,(H,55,65)(H,56,64)(H,57,66)(H,58,67)/t29?,31-,32-,33+,34-,35-,36+,37-,38-,39-,40-,52+,53?/m1/s1. The van der Waals surface area contributed by atoms with Crippen LogP contribution >= 0.6 is 0 Å². The predicted octanol–water partition coefficient (Wildman–Crippen LogP) is 2.36. The van der Waals surface area contributed by atoms with E-state index in [9.17, 15) is 54.3 Å². The molecule has 0 aromatic rings. The molecule has 3 heterocycles. The number of hydrogen-bond acceptors (Lipinski definition) is 21. The fraction of sp³-hybridized carbons (Fsp3) is 0.849. The Morgan fingerprint density at radius 1 is 0.725 bits per heavy atom. The van der Waals surface area contributed by atoms with Crippen LogP contribution in [0.25, 0.3) is 0 Å². The first-order valence-corrected chi connectivity index (χ1v) is 27.1. The maximum absolute atomic E-state index is 14.4. The lowest BCUT2D eigenvalue weighted by atomic mass is 9.82. The van der Waals surface area contributed by atoms with E-state index in [1.54, 1.807) is 110 Å². The van der Waals surface area contributed by atoms with Crippen molar-refractivity contribution in [3.05, 3.63) is 11.8 Å². The molecule has 3 aliphatic heterocycles. The Morgan fingerprint density at radius 2 is 1.24 bits per heavy atom. The Bertz CT molecular complexity index is 2170. The van der Waals surface area contributed by atoms with Crippen molar-refractivity contribution in [2.75, 3.05) is 46.4 Å². The van der Waals surface area contributed by atoms with E-state index in [-0.39, 0.29) is 57.6 Å². The molecule has 1 saturated carbocycles. The van der Waals surface area contributed by atoms with Crippen LogP contribution in [-0.4, -0.2) is 225 Å². The van der Waals surface area contributed by atoms with Gasteiger partial charge in [0, 0.05) is 33.1 Å². The van der Waals surface area contributed by atoms with Crippen LogP contribution in [-0.2, 0) is 47.4 Å². The Kier molecular flexibility index (Phi) is 22.4. The largest absolute Gasteiger partial charge is 0.466 e. The Hall–Kier alpha value is -5.00. The summed E-state index contributed by atoms with van der Waals surface area (Å²) < 4.78 is 52.9. The molecule has 0 aromatic carbocycles. The van der Waals surface area contributed by atoms with Gasteiger partial charge in [-0.05, 0) is 136 Å². The highest BCUT2D eigenvalue weighted by Gasteiger charge is 2.56. The van der Waals surface area contributed by atoms with Gasteiger partial charge in [-0.2, -0.15) is 0 Å². The van der Waals surface area contributed by atoms with Gasteiger partial charge in [0.05, 0.1) is 50.0 Å².